The Morgan fingerprint density at radius 3 is 2.67 bits per heavy atom. The minimum absolute atomic E-state index is 0.832. The number of unbranched alkanes of at least 4 members (excludes halogenated alkanes) is 1. The average molecular weight is 126 g/mol. The Morgan fingerprint density at radius 2 is 2.11 bits per heavy atom. The lowest BCUT2D eigenvalue weighted by Crippen LogP contribution is -1.85. The van der Waals surface area contributed by atoms with Crippen molar-refractivity contribution in [1.29, 1.82) is 0 Å². The lowest BCUT2D eigenvalue weighted by atomic mass is 10.3. The summed E-state index contributed by atoms with van der Waals surface area (Å²) in [6.45, 7) is 2.89. The normalized spacial score (nSPS) is 8.22. The third kappa shape index (κ3) is 7.52. The lowest BCUT2D eigenvalue weighted by molar-refractivity contribution is 0.196. The van der Waals surface area contributed by atoms with Gasteiger partial charge < -0.3 is 4.74 Å². The van der Waals surface area contributed by atoms with Crippen LogP contribution in [0.25, 0.3) is 0 Å². The van der Waals surface area contributed by atoms with Crippen LogP contribution in [-0.4, -0.2) is 13.7 Å². The number of ether oxygens (including phenoxy) is 1. The Balaban J connectivity index is 2.90. The molecule has 0 aromatic rings. The molecule has 0 bridgehead atoms. The highest BCUT2D eigenvalue weighted by Gasteiger charge is 1.78. The highest BCUT2D eigenvalue weighted by Crippen LogP contribution is 1.85. The van der Waals surface area contributed by atoms with E-state index < -0.39 is 0 Å². The van der Waals surface area contributed by atoms with Gasteiger partial charge in [0.25, 0.3) is 0 Å². The summed E-state index contributed by atoms with van der Waals surface area (Å²) in [5, 5.41) is 0. The van der Waals surface area contributed by atoms with Crippen molar-refractivity contribution < 1.29 is 4.74 Å². The summed E-state index contributed by atoms with van der Waals surface area (Å²) in [4.78, 5) is 0. The van der Waals surface area contributed by atoms with Gasteiger partial charge in [-0.05, 0) is 6.42 Å². The Kier molecular flexibility index (Phi) is 7.12. The van der Waals surface area contributed by atoms with Crippen LogP contribution in [-0.2, 0) is 4.74 Å². The van der Waals surface area contributed by atoms with Gasteiger partial charge in [-0.1, -0.05) is 6.92 Å². The van der Waals surface area contributed by atoms with E-state index in [9.17, 15) is 0 Å². The number of methoxy groups -OCH3 is 1. The minimum Gasteiger partial charge on any atom is -0.385 e. The molecule has 0 amide bonds. The van der Waals surface area contributed by atoms with E-state index in [2.05, 4.69) is 18.8 Å². The molecule has 0 aromatic carbocycles. The highest BCUT2D eigenvalue weighted by atomic mass is 16.5. The summed E-state index contributed by atoms with van der Waals surface area (Å²) >= 11 is 0. The van der Waals surface area contributed by atoms with E-state index in [4.69, 9.17) is 4.74 Å². The predicted molar refractivity (Wildman–Crippen MR) is 39.2 cm³/mol. The molecule has 0 atom stereocenters. The molecule has 0 fully saturated rings. The first-order chi connectivity index (χ1) is 4.41. The molecular formula is C8H14O. The van der Waals surface area contributed by atoms with E-state index in [1.165, 1.54) is 0 Å². The van der Waals surface area contributed by atoms with E-state index in [1.807, 2.05) is 0 Å². The molecular weight excluding hydrogens is 112 g/mol. The summed E-state index contributed by atoms with van der Waals surface area (Å²) in [6, 6.07) is 0. The van der Waals surface area contributed by atoms with Gasteiger partial charge in [-0.3, -0.25) is 0 Å². The molecule has 1 nitrogen and oxygen atoms in total. The van der Waals surface area contributed by atoms with Crippen LogP contribution in [0.3, 0.4) is 0 Å². The van der Waals surface area contributed by atoms with Crippen LogP contribution < -0.4 is 0 Å². The van der Waals surface area contributed by atoms with Crippen molar-refractivity contribution in [3.63, 3.8) is 0 Å². The molecule has 0 radical (unpaired) electrons. The second-order valence-electron chi connectivity index (χ2n) is 1.80. The number of hydrogen-bond acceptors (Lipinski definition) is 1. The van der Waals surface area contributed by atoms with E-state index in [0.717, 1.165) is 25.9 Å². The second-order valence-corrected chi connectivity index (χ2v) is 1.80. The molecule has 0 aliphatic heterocycles. The van der Waals surface area contributed by atoms with Gasteiger partial charge in [-0.15, -0.1) is 11.8 Å². The molecule has 9 heavy (non-hydrogen) atoms. The molecule has 0 aliphatic carbocycles. The van der Waals surface area contributed by atoms with E-state index in [-0.39, 0.29) is 0 Å². The van der Waals surface area contributed by atoms with Crippen LogP contribution in [0.15, 0.2) is 0 Å². The third-order valence-electron chi connectivity index (χ3n) is 0.952. The van der Waals surface area contributed by atoms with Gasteiger partial charge in [0.15, 0.2) is 0 Å². The third-order valence-corrected chi connectivity index (χ3v) is 0.952. The summed E-state index contributed by atoms with van der Waals surface area (Å²) < 4.78 is 4.85. The summed E-state index contributed by atoms with van der Waals surface area (Å²) in [7, 11) is 1.72. The van der Waals surface area contributed by atoms with Crippen molar-refractivity contribution >= 4 is 0 Å². The van der Waals surface area contributed by atoms with Gasteiger partial charge in [-0.25, -0.2) is 0 Å². The topological polar surface area (TPSA) is 9.23 Å². The Hall–Kier alpha value is -0.480. The zero-order chi connectivity index (χ0) is 6.95. The molecule has 0 unspecified atom stereocenters. The second kappa shape index (κ2) is 7.52. The van der Waals surface area contributed by atoms with Crippen LogP contribution in [0.1, 0.15) is 26.2 Å². The molecule has 0 saturated heterocycles. The molecule has 0 spiro atoms. The number of rotatable bonds is 3. The Morgan fingerprint density at radius 1 is 1.33 bits per heavy atom. The quantitative estimate of drug-likeness (QED) is 0.414. The van der Waals surface area contributed by atoms with Gasteiger partial charge >= 0.3 is 0 Å². The van der Waals surface area contributed by atoms with Crippen LogP contribution in [0, 0.1) is 11.8 Å². The first-order valence-corrected chi connectivity index (χ1v) is 3.36. The molecule has 0 aromatic heterocycles. The Bertz CT molecular complexity index is 96.9. The standard InChI is InChI=1S/C8H14O/c1-3-4-5-6-7-8-9-2/h3,6-8H2,1-2H3. The van der Waals surface area contributed by atoms with Crippen molar-refractivity contribution in [2.24, 2.45) is 0 Å². The average Bonchev–Trinajstić information content (AvgIpc) is 1.89. The summed E-state index contributed by atoms with van der Waals surface area (Å²) in [5.41, 5.74) is 0. The zero-order valence-electron chi connectivity index (χ0n) is 6.24. The first kappa shape index (κ1) is 8.52. The largest absolute Gasteiger partial charge is 0.385 e. The Labute approximate surface area is 57.4 Å². The molecule has 0 N–H and O–H groups in total. The maximum atomic E-state index is 4.85. The molecule has 0 heterocycles. The zero-order valence-corrected chi connectivity index (χ0v) is 6.24. The molecule has 1 heteroatoms. The lowest BCUT2D eigenvalue weighted by Gasteiger charge is -1.90. The fourth-order valence-electron chi connectivity index (χ4n) is 0.518. The monoisotopic (exact) mass is 126 g/mol. The number of hydrogen-bond donors (Lipinski definition) is 0. The van der Waals surface area contributed by atoms with Gasteiger partial charge in [0.2, 0.25) is 0 Å². The molecule has 0 aliphatic rings. The fraction of sp³-hybridized carbons (Fsp3) is 0.750. The maximum Gasteiger partial charge on any atom is 0.0471 e. The predicted octanol–water partition coefficient (Wildman–Crippen LogP) is 1.83. The summed E-state index contributed by atoms with van der Waals surface area (Å²) in [6.07, 6.45) is 3.00. The van der Waals surface area contributed by atoms with E-state index in [0.29, 0.717) is 0 Å². The van der Waals surface area contributed by atoms with Crippen LogP contribution in [0.5, 0.6) is 0 Å². The van der Waals surface area contributed by atoms with Crippen molar-refractivity contribution in [2.45, 2.75) is 26.2 Å². The van der Waals surface area contributed by atoms with Gasteiger partial charge in [0.1, 0.15) is 0 Å². The minimum atomic E-state index is 0.832. The van der Waals surface area contributed by atoms with Crippen molar-refractivity contribution in [3.8, 4) is 11.8 Å². The SMILES string of the molecule is CCC#CCCCOC. The van der Waals surface area contributed by atoms with Gasteiger partial charge in [0.05, 0.1) is 0 Å². The van der Waals surface area contributed by atoms with Crippen LogP contribution >= 0.6 is 0 Å². The first-order valence-electron chi connectivity index (χ1n) is 3.36. The van der Waals surface area contributed by atoms with Crippen LogP contribution in [0.2, 0.25) is 0 Å². The highest BCUT2D eigenvalue weighted by molar-refractivity contribution is 4.97. The smallest absolute Gasteiger partial charge is 0.0471 e. The summed E-state index contributed by atoms with van der Waals surface area (Å²) in [5.74, 6) is 6.04. The van der Waals surface area contributed by atoms with Gasteiger partial charge in [-0.2, -0.15) is 0 Å². The maximum absolute atomic E-state index is 4.85. The van der Waals surface area contributed by atoms with Gasteiger partial charge in [0, 0.05) is 26.6 Å². The van der Waals surface area contributed by atoms with Crippen molar-refractivity contribution in [1.82, 2.24) is 0 Å². The fourth-order valence-corrected chi connectivity index (χ4v) is 0.518. The van der Waals surface area contributed by atoms with E-state index >= 15 is 0 Å². The van der Waals surface area contributed by atoms with Crippen molar-refractivity contribution in [3.05, 3.63) is 0 Å². The van der Waals surface area contributed by atoms with Crippen molar-refractivity contribution in [2.75, 3.05) is 13.7 Å². The van der Waals surface area contributed by atoms with Crippen LogP contribution in [0.4, 0.5) is 0 Å². The molecule has 52 valence electrons. The van der Waals surface area contributed by atoms with E-state index in [1.54, 1.807) is 7.11 Å². The molecule has 0 rings (SSSR count). The molecule has 0 saturated carbocycles.